The molecule has 0 aromatic carbocycles. The lowest BCUT2D eigenvalue weighted by atomic mass is 10.0. The van der Waals surface area contributed by atoms with Gasteiger partial charge in [-0.15, -0.1) is 0 Å². The third kappa shape index (κ3) is 2.75. The van der Waals surface area contributed by atoms with Crippen molar-refractivity contribution in [2.45, 2.75) is 33.1 Å². The number of nitriles is 1. The fraction of sp³-hybridized carbons (Fsp3) is 0.556. The van der Waals surface area contributed by atoms with Crippen LogP contribution in [0.1, 0.15) is 33.1 Å². The summed E-state index contributed by atoms with van der Waals surface area (Å²) in [4.78, 5) is 10.5. The van der Waals surface area contributed by atoms with Crippen LogP contribution < -0.4 is 0 Å². The minimum Gasteiger partial charge on any atom is -0.477 e. The van der Waals surface area contributed by atoms with E-state index < -0.39 is 5.97 Å². The molecule has 0 aromatic heterocycles. The molecular formula is C9H13NO2. The van der Waals surface area contributed by atoms with Gasteiger partial charge in [0.1, 0.15) is 11.6 Å². The first-order valence-corrected chi connectivity index (χ1v) is 4.02. The van der Waals surface area contributed by atoms with Gasteiger partial charge in [-0.1, -0.05) is 20.3 Å². The van der Waals surface area contributed by atoms with E-state index in [2.05, 4.69) is 0 Å². The highest BCUT2D eigenvalue weighted by Crippen LogP contribution is 2.14. The van der Waals surface area contributed by atoms with Crippen molar-refractivity contribution < 1.29 is 9.90 Å². The van der Waals surface area contributed by atoms with Crippen LogP contribution in [0.5, 0.6) is 0 Å². The Hall–Kier alpha value is -1.30. The molecule has 0 fully saturated rings. The molecule has 0 amide bonds. The lowest BCUT2D eigenvalue weighted by molar-refractivity contribution is -0.132. The number of carboxylic acids is 1. The van der Waals surface area contributed by atoms with Crippen molar-refractivity contribution in [3.8, 4) is 6.07 Å². The van der Waals surface area contributed by atoms with Gasteiger partial charge in [0.05, 0.1) is 0 Å². The van der Waals surface area contributed by atoms with Crippen molar-refractivity contribution in [1.29, 1.82) is 5.26 Å². The lowest BCUT2D eigenvalue weighted by Gasteiger charge is -2.02. The number of hydrogen-bond acceptors (Lipinski definition) is 2. The summed E-state index contributed by atoms with van der Waals surface area (Å²) >= 11 is 0. The van der Waals surface area contributed by atoms with Crippen molar-refractivity contribution in [1.82, 2.24) is 0 Å². The van der Waals surface area contributed by atoms with Crippen molar-refractivity contribution in [3.05, 3.63) is 11.1 Å². The second-order valence-electron chi connectivity index (χ2n) is 2.50. The molecule has 0 rings (SSSR count). The minimum absolute atomic E-state index is 0.0839. The lowest BCUT2D eigenvalue weighted by Crippen LogP contribution is -2.02. The van der Waals surface area contributed by atoms with E-state index in [1.54, 1.807) is 6.07 Å². The van der Waals surface area contributed by atoms with Crippen molar-refractivity contribution in [2.24, 2.45) is 0 Å². The second-order valence-corrected chi connectivity index (χ2v) is 2.50. The molecule has 0 aliphatic carbocycles. The van der Waals surface area contributed by atoms with Gasteiger partial charge in [0.15, 0.2) is 0 Å². The molecule has 0 saturated heterocycles. The van der Waals surface area contributed by atoms with Gasteiger partial charge < -0.3 is 5.11 Å². The fourth-order valence-electron chi connectivity index (χ4n) is 1.06. The first-order chi connectivity index (χ1) is 5.67. The smallest absolute Gasteiger partial charge is 0.346 e. The number of carbonyl (C=O) groups is 1. The van der Waals surface area contributed by atoms with Gasteiger partial charge in [0, 0.05) is 0 Å². The van der Waals surface area contributed by atoms with Crippen molar-refractivity contribution in [2.75, 3.05) is 0 Å². The molecular weight excluding hydrogens is 154 g/mol. The highest BCUT2D eigenvalue weighted by atomic mass is 16.4. The molecule has 3 heteroatoms. The molecule has 66 valence electrons. The molecule has 0 spiro atoms. The molecule has 3 nitrogen and oxygen atoms in total. The van der Waals surface area contributed by atoms with Gasteiger partial charge in [-0.25, -0.2) is 4.79 Å². The molecule has 0 saturated carbocycles. The number of hydrogen-bond donors (Lipinski definition) is 1. The van der Waals surface area contributed by atoms with Gasteiger partial charge >= 0.3 is 5.97 Å². The van der Waals surface area contributed by atoms with Crippen LogP contribution in [0.2, 0.25) is 0 Å². The van der Waals surface area contributed by atoms with E-state index in [1.807, 2.05) is 13.8 Å². The van der Waals surface area contributed by atoms with Crippen LogP contribution in [-0.2, 0) is 4.79 Å². The summed E-state index contributed by atoms with van der Waals surface area (Å²) in [5.74, 6) is -1.11. The molecule has 0 heterocycles. The van der Waals surface area contributed by atoms with E-state index in [4.69, 9.17) is 10.4 Å². The molecule has 1 N–H and O–H groups in total. The van der Waals surface area contributed by atoms with E-state index in [-0.39, 0.29) is 5.57 Å². The zero-order valence-electron chi connectivity index (χ0n) is 7.42. The van der Waals surface area contributed by atoms with E-state index in [0.717, 1.165) is 12.0 Å². The normalized spacial score (nSPS) is 11.8. The summed E-state index contributed by atoms with van der Waals surface area (Å²) in [5.41, 5.74) is 0.659. The van der Waals surface area contributed by atoms with E-state index in [1.165, 1.54) is 0 Å². The van der Waals surface area contributed by atoms with Crippen LogP contribution in [-0.4, -0.2) is 11.1 Å². The molecule has 12 heavy (non-hydrogen) atoms. The Morgan fingerprint density at radius 1 is 1.50 bits per heavy atom. The van der Waals surface area contributed by atoms with Crippen molar-refractivity contribution in [3.63, 3.8) is 0 Å². The number of rotatable bonds is 4. The van der Waals surface area contributed by atoms with E-state index in [9.17, 15) is 4.79 Å². The predicted molar refractivity (Wildman–Crippen MR) is 45.5 cm³/mol. The number of allylic oxidation sites excluding steroid dienone is 1. The maximum absolute atomic E-state index is 10.5. The summed E-state index contributed by atoms with van der Waals surface area (Å²) < 4.78 is 0. The van der Waals surface area contributed by atoms with Gasteiger partial charge in [0.2, 0.25) is 0 Å². The summed E-state index contributed by atoms with van der Waals surface area (Å²) in [6.07, 6.45) is 2.22. The zero-order chi connectivity index (χ0) is 9.56. The third-order valence-corrected chi connectivity index (χ3v) is 1.66. The molecule has 0 unspecified atom stereocenters. The third-order valence-electron chi connectivity index (χ3n) is 1.66. The quantitative estimate of drug-likeness (QED) is 0.515. The standard InChI is InChI=1S/C9H13NO2/c1-3-5-7(4-2)8(6-10)9(11)12/h3-5H2,1-2H3,(H,11,12). The highest BCUT2D eigenvalue weighted by molar-refractivity contribution is 5.91. The van der Waals surface area contributed by atoms with Gasteiger partial charge in [-0.3, -0.25) is 0 Å². The predicted octanol–water partition coefficient (Wildman–Crippen LogP) is 2.10. The SMILES string of the molecule is CCCC(CC)=C(C#N)C(=O)O. The Bertz CT molecular complexity index is 235. The van der Waals surface area contributed by atoms with Crippen LogP contribution in [0.3, 0.4) is 0 Å². The Morgan fingerprint density at radius 2 is 2.08 bits per heavy atom. The van der Waals surface area contributed by atoms with E-state index in [0.29, 0.717) is 12.8 Å². The minimum atomic E-state index is -1.11. The van der Waals surface area contributed by atoms with Crippen LogP contribution in [0.25, 0.3) is 0 Å². The average molecular weight is 167 g/mol. The fourth-order valence-corrected chi connectivity index (χ4v) is 1.06. The first-order valence-electron chi connectivity index (χ1n) is 4.02. The largest absolute Gasteiger partial charge is 0.477 e. The molecule has 0 aliphatic heterocycles. The molecule has 0 aromatic rings. The van der Waals surface area contributed by atoms with Crippen molar-refractivity contribution >= 4 is 5.97 Å². The van der Waals surface area contributed by atoms with Gasteiger partial charge in [-0.05, 0) is 18.4 Å². The second kappa shape index (κ2) is 5.36. The molecule has 0 atom stereocenters. The van der Waals surface area contributed by atoms with Crippen LogP contribution >= 0.6 is 0 Å². The summed E-state index contributed by atoms with van der Waals surface area (Å²) in [5, 5.41) is 17.2. The van der Waals surface area contributed by atoms with E-state index >= 15 is 0 Å². The molecule has 0 bridgehead atoms. The maximum atomic E-state index is 10.5. The van der Waals surface area contributed by atoms with Crippen LogP contribution in [0.4, 0.5) is 0 Å². The van der Waals surface area contributed by atoms with Gasteiger partial charge in [-0.2, -0.15) is 5.26 Å². The number of aliphatic carboxylic acids is 1. The topological polar surface area (TPSA) is 61.1 Å². The van der Waals surface area contributed by atoms with Gasteiger partial charge in [0.25, 0.3) is 0 Å². The monoisotopic (exact) mass is 167 g/mol. The van der Waals surface area contributed by atoms with Crippen LogP contribution in [0, 0.1) is 11.3 Å². The Labute approximate surface area is 72.3 Å². The number of carboxylic acid groups (broad SMARTS) is 1. The number of nitrogens with zero attached hydrogens (tertiary/aromatic N) is 1. The zero-order valence-corrected chi connectivity index (χ0v) is 7.42. The first kappa shape index (κ1) is 10.7. The Morgan fingerprint density at radius 3 is 2.33 bits per heavy atom. The summed E-state index contributed by atoms with van der Waals surface area (Å²) in [6, 6.07) is 1.72. The molecule has 0 aliphatic rings. The Kier molecular flexibility index (Phi) is 4.78. The average Bonchev–Trinajstić information content (AvgIpc) is 2.03. The highest BCUT2D eigenvalue weighted by Gasteiger charge is 2.11. The maximum Gasteiger partial charge on any atom is 0.346 e. The Balaban J connectivity index is 4.77. The van der Waals surface area contributed by atoms with Crippen LogP contribution in [0.15, 0.2) is 11.1 Å². The summed E-state index contributed by atoms with van der Waals surface area (Å²) in [7, 11) is 0. The summed E-state index contributed by atoms with van der Waals surface area (Å²) in [6.45, 7) is 3.83. The molecule has 0 radical (unpaired) electrons.